The van der Waals surface area contributed by atoms with Gasteiger partial charge in [0.25, 0.3) is 0 Å². The van der Waals surface area contributed by atoms with E-state index >= 15 is 0 Å². The van der Waals surface area contributed by atoms with Crippen molar-refractivity contribution >= 4 is 0 Å². The summed E-state index contributed by atoms with van der Waals surface area (Å²) in [7, 11) is 0. The molecule has 4 aromatic heterocycles. The molecule has 0 saturated heterocycles. The molecule has 5 heteroatoms. The SMILES string of the molecule is c1ccc(-c2cc(-c3ccccn3)nc(-c3cccc(-c4cccc(-c5ccccc5-c5nc(-c6ccccc6)cc(-c6ccccc6)n5)c4)n3)c2)cc1. The normalized spacial score (nSPS) is 11.0. The third-order valence-corrected chi connectivity index (χ3v) is 9.37. The average molecular weight is 692 g/mol. The number of rotatable bonds is 8. The minimum atomic E-state index is 0.671. The van der Waals surface area contributed by atoms with Crippen molar-refractivity contribution in [3.63, 3.8) is 0 Å². The fraction of sp³-hybridized carbons (Fsp3) is 0. The molecule has 0 amide bonds. The Labute approximate surface area is 314 Å². The second-order valence-corrected chi connectivity index (χ2v) is 12.9. The minimum absolute atomic E-state index is 0.671. The fourth-order valence-corrected chi connectivity index (χ4v) is 6.70. The minimum Gasteiger partial charge on any atom is -0.255 e. The Bertz CT molecular complexity index is 2580. The van der Waals surface area contributed by atoms with Gasteiger partial charge in [0.05, 0.1) is 39.9 Å². The van der Waals surface area contributed by atoms with Crippen LogP contribution < -0.4 is 0 Å². The van der Waals surface area contributed by atoms with E-state index in [0.717, 1.165) is 84.4 Å². The van der Waals surface area contributed by atoms with Crippen LogP contribution >= 0.6 is 0 Å². The zero-order valence-corrected chi connectivity index (χ0v) is 29.3. The predicted molar refractivity (Wildman–Crippen MR) is 219 cm³/mol. The highest BCUT2D eigenvalue weighted by molar-refractivity contribution is 5.84. The van der Waals surface area contributed by atoms with Crippen LogP contribution in [0.4, 0.5) is 0 Å². The fourth-order valence-electron chi connectivity index (χ4n) is 6.70. The van der Waals surface area contributed by atoms with Crippen molar-refractivity contribution < 1.29 is 0 Å². The number of hydrogen-bond acceptors (Lipinski definition) is 5. The van der Waals surface area contributed by atoms with Gasteiger partial charge in [-0.2, -0.15) is 0 Å². The second-order valence-electron chi connectivity index (χ2n) is 12.9. The van der Waals surface area contributed by atoms with E-state index in [-0.39, 0.29) is 0 Å². The molecule has 0 bridgehead atoms. The van der Waals surface area contributed by atoms with E-state index in [1.54, 1.807) is 6.20 Å². The van der Waals surface area contributed by atoms with Crippen LogP contribution in [0.3, 0.4) is 0 Å². The van der Waals surface area contributed by atoms with Gasteiger partial charge in [-0.05, 0) is 70.8 Å². The molecule has 0 aliphatic carbocycles. The van der Waals surface area contributed by atoms with Gasteiger partial charge < -0.3 is 0 Å². The molecule has 0 aliphatic heterocycles. The van der Waals surface area contributed by atoms with Gasteiger partial charge in [0.15, 0.2) is 5.82 Å². The van der Waals surface area contributed by atoms with Crippen LogP contribution in [0.25, 0.3) is 90.2 Å². The third kappa shape index (κ3) is 6.82. The first kappa shape index (κ1) is 32.5. The number of hydrogen-bond donors (Lipinski definition) is 0. The van der Waals surface area contributed by atoms with E-state index in [2.05, 4.69) is 102 Å². The van der Waals surface area contributed by atoms with Gasteiger partial charge in [-0.25, -0.2) is 19.9 Å². The molecule has 54 heavy (non-hydrogen) atoms. The van der Waals surface area contributed by atoms with E-state index in [1.807, 2.05) is 97.1 Å². The lowest BCUT2D eigenvalue weighted by molar-refractivity contribution is 1.18. The van der Waals surface area contributed by atoms with Crippen LogP contribution in [0.15, 0.2) is 200 Å². The maximum Gasteiger partial charge on any atom is 0.161 e. The van der Waals surface area contributed by atoms with E-state index in [1.165, 1.54) is 0 Å². The summed E-state index contributed by atoms with van der Waals surface area (Å²) in [4.78, 5) is 25.1. The molecule has 0 spiro atoms. The highest BCUT2D eigenvalue weighted by atomic mass is 14.9. The lowest BCUT2D eigenvalue weighted by atomic mass is 9.96. The third-order valence-electron chi connectivity index (χ3n) is 9.37. The summed E-state index contributed by atoms with van der Waals surface area (Å²) in [6.07, 6.45) is 1.80. The standard InChI is InChI=1S/C49H33N5/c1-4-16-34(17-5-1)39-31-47(43-26-12-13-29-50-43)52-48(32-39)44-28-15-27-42(51-44)38-23-14-22-37(30-38)40-24-10-11-25-41(40)49-53-45(35-18-6-2-7-19-35)33-46(54-49)36-20-8-3-9-21-36/h1-33H. The Hall–Kier alpha value is -7.37. The highest BCUT2D eigenvalue weighted by Gasteiger charge is 2.16. The van der Waals surface area contributed by atoms with Crippen LogP contribution in [0.5, 0.6) is 0 Å². The lowest BCUT2D eigenvalue weighted by Gasteiger charge is -2.14. The van der Waals surface area contributed by atoms with Gasteiger partial charge in [-0.1, -0.05) is 146 Å². The molecule has 0 saturated carbocycles. The van der Waals surface area contributed by atoms with Crippen LogP contribution in [-0.4, -0.2) is 24.9 Å². The Morgan fingerprint density at radius 2 is 0.741 bits per heavy atom. The first-order valence-electron chi connectivity index (χ1n) is 17.9. The first-order valence-corrected chi connectivity index (χ1v) is 17.9. The summed E-state index contributed by atoms with van der Waals surface area (Å²) in [5, 5.41) is 0. The van der Waals surface area contributed by atoms with Crippen LogP contribution in [0.2, 0.25) is 0 Å². The highest BCUT2D eigenvalue weighted by Crippen LogP contribution is 2.36. The Balaban J connectivity index is 1.12. The van der Waals surface area contributed by atoms with Crippen molar-refractivity contribution in [2.45, 2.75) is 0 Å². The van der Waals surface area contributed by atoms with E-state index in [4.69, 9.17) is 19.9 Å². The van der Waals surface area contributed by atoms with Crippen molar-refractivity contribution in [2.75, 3.05) is 0 Å². The van der Waals surface area contributed by atoms with Gasteiger partial charge >= 0.3 is 0 Å². The topological polar surface area (TPSA) is 64.5 Å². The van der Waals surface area contributed by atoms with Crippen LogP contribution in [-0.2, 0) is 0 Å². The Morgan fingerprint density at radius 1 is 0.241 bits per heavy atom. The molecule has 5 aromatic carbocycles. The summed E-state index contributed by atoms with van der Waals surface area (Å²) in [6.45, 7) is 0. The maximum absolute atomic E-state index is 5.18. The van der Waals surface area contributed by atoms with Crippen molar-refractivity contribution in [1.29, 1.82) is 0 Å². The molecule has 9 rings (SSSR count). The zero-order valence-electron chi connectivity index (χ0n) is 29.3. The first-order chi connectivity index (χ1) is 26.7. The molecule has 254 valence electrons. The largest absolute Gasteiger partial charge is 0.255 e. The zero-order chi connectivity index (χ0) is 36.1. The van der Waals surface area contributed by atoms with Crippen molar-refractivity contribution in [3.8, 4) is 90.2 Å². The molecule has 0 unspecified atom stereocenters. The summed E-state index contributed by atoms with van der Waals surface area (Å²) in [5.41, 5.74) is 14.1. The summed E-state index contributed by atoms with van der Waals surface area (Å²) >= 11 is 0. The molecule has 9 aromatic rings. The predicted octanol–water partition coefficient (Wildman–Crippen LogP) is 12.0. The summed E-state index contributed by atoms with van der Waals surface area (Å²) in [5.74, 6) is 0.671. The van der Waals surface area contributed by atoms with Crippen molar-refractivity contribution in [3.05, 3.63) is 200 Å². The van der Waals surface area contributed by atoms with Crippen LogP contribution in [0, 0.1) is 0 Å². The van der Waals surface area contributed by atoms with Crippen molar-refractivity contribution in [2.24, 2.45) is 0 Å². The number of aromatic nitrogens is 5. The summed E-state index contributed by atoms with van der Waals surface area (Å²) < 4.78 is 0. The van der Waals surface area contributed by atoms with Crippen molar-refractivity contribution in [1.82, 2.24) is 24.9 Å². The molecule has 0 fully saturated rings. The van der Waals surface area contributed by atoms with Gasteiger partial charge in [-0.15, -0.1) is 0 Å². The molecule has 5 nitrogen and oxygen atoms in total. The molecular formula is C49H33N5. The second kappa shape index (κ2) is 14.7. The van der Waals surface area contributed by atoms with E-state index in [0.29, 0.717) is 5.82 Å². The van der Waals surface area contributed by atoms with E-state index in [9.17, 15) is 0 Å². The molecular weight excluding hydrogens is 659 g/mol. The van der Waals surface area contributed by atoms with Gasteiger partial charge in [0.2, 0.25) is 0 Å². The lowest BCUT2D eigenvalue weighted by Crippen LogP contribution is -1.97. The Morgan fingerprint density at radius 3 is 1.41 bits per heavy atom. The average Bonchev–Trinajstić information content (AvgIpc) is 3.27. The van der Waals surface area contributed by atoms with Gasteiger partial charge in [-0.3, -0.25) is 4.98 Å². The monoisotopic (exact) mass is 691 g/mol. The molecule has 0 aliphatic rings. The summed E-state index contributed by atoms with van der Waals surface area (Å²) in [6, 6.07) is 66.0. The maximum atomic E-state index is 5.18. The molecule has 0 atom stereocenters. The van der Waals surface area contributed by atoms with Gasteiger partial charge in [0.1, 0.15) is 0 Å². The number of nitrogens with zero attached hydrogens (tertiary/aromatic N) is 5. The molecule has 4 heterocycles. The molecule has 0 N–H and O–H groups in total. The van der Waals surface area contributed by atoms with Gasteiger partial charge in [0, 0.05) is 28.5 Å². The molecule has 0 radical (unpaired) electrons. The number of benzene rings is 5. The Kier molecular flexibility index (Phi) is 8.86. The smallest absolute Gasteiger partial charge is 0.161 e. The van der Waals surface area contributed by atoms with E-state index < -0.39 is 0 Å². The van der Waals surface area contributed by atoms with Crippen LogP contribution in [0.1, 0.15) is 0 Å². The quantitative estimate of drug-likeness (QED) is 0.159. The number of pyridine rings is 3.